The number of pyridine rings is 1. The van der Waals surface area contributed by atoms with Crippen molar-refractivity contribution in [2.24, 2.45) is 0 Å². The summed E-state index contributed by atoms with van der Waals surface area (Å²) in [5, 5.41) is 10.5. The third kappa shape index (κ3) is 2.48. The van der Waals surface area contributed by atoms with Gasteiger partial charge in [-0.05, 0) is 35.9 Å². The number of nitrogens with zero attached hydrogens (tertiary/aromatic N) is 2. The van der Waals surface area contributed by atoms with Gasteiger partial charge in [0.05, 0.1) is 17.9 Å². The van der Waals surface area contributed by atoms with Crippen LogP contribution >= 0.6 is 0 Å². The van der Waals surface area contributed by atoms with Crippen molar-refractivity contribution in [2.75, 3.05) is 4.90 Å². The molecule has 128 valence electrons. The Kier molecular flexibility index (Phi) is 3.85. The fraction of sp³-hybridized carbons (Fsp3) is 0.0500. The maximum Gasteiger partial charge on any atom is 0.294 e. The van der Waals surface area contributed by atoms with Crippen molar-refractivity contribution in [3.05, 3.63) is 95.9 Å². The average Bonchev–Trinajstić information content (AvgIpc) is 3.31. The van der Waals surface area contributed by atoms with E-state index in [1.54, 1.807) is 54.9 Å². The monoisotopic (exact) mass is 346 g/mol. The number of para-hydroxylation sites is 1. The topological polar surface area (TPSA) is 83.6 Å². The van der Waals surface area contributed by atoms with Crippen molar-refractivity contribution < 1.29 is 19.1 Å². The summed E-state index contributed by atoms with van der Waals surface area (Å²) in [6, 6.07) is 14.6. The molecule has 3 heterocycles. The number of ketones is 1. The van der Waals surface area contributed by atoms with Gasteiger partial charge in [-0.3, -0.25) is 19.5 Å². The number of hydrogen-bond acceptors (Lipinski definition) is 5. The molecule has 0 fully saturated rings. The number of benzene rings is 1. The van der Waals surface area contributed by atoms with Crippen LogP contribution in [0.4, 0.5) is 5.69 Å². The summed E-state index contributed by atoms with van der Waals surface area (Å²) in [4.78, 5) is 31.2. The van der Waals surface area contributed by atoms with Crippen molar-refractivity contribution in [3.63, 3.8) is 0 Å². The number of Topliss-reactive ketones (excluding diaryl/α,β-unsaturated/α-hetero) is 1. The van der Waals surface area contributed by atoms with E-state index in [4.69, 9.17) is 4.42 Å². The minimum atomic E-state index is -0.795. The zero-order valence-corrected chi connectivity index (χ0v) is 13.6. The second-order valence-electron chi connectivity index (χ2n) is 5.77. The highest BCUT2D eigenvalue weighted by Crippen LogP contribution is 2.41. The Morgan fingerprint density at radius 1 is 1.08 bits per heavy atom. The van der Waals surface area contributed by atoms with Crippen molar-refractivity contribution >= 4 is 17.4 Å². The summed E-state index contributed by atoms with van der Waals surface area (Å²) in [5.74, 6) is -1.69. The van der Waals surface area contributed by atoms with Gasteiger partial charge in [-0.1, -0.05) is 24.3 Å². The highest BCUT2D eigenvalue weighted by atomic mass is 16.3. The van der Waals surface area contributed by atoms with E-state index in [9.17, 15) is 14.7 Å². The van der Waals surface area contributed by atoms with Gasteiger partial charge in [-0.2, -0.15) is 0 Å². The minimum absolute atomic E-state index is 0.0261. The molecule has 6 nitrogen and oxygen atoms in total. The molecule has 0 bridgehead atoms. The van der Waals surface area contributed by atoms with Crippen LogP contribution in [0.2, 0.25) is 0 Å². The van der Waals surface area contributed by atoms with Gasteiger partial charge in [0.1, 0.15) is 0 Å². The number of aliphatic hydroxyl groups excluding tert-OH is 1. The van der Waals surface area contributed by atoms with Gasteiger partial charge < -0.3 is 9.52 Å². The van der Waals surface area contributed by atoms with Crippen LogP contribution in [-0.2, 0) is 4.79 Å². The Morgan fingerprint density at radius 2 is 1.88 bits per heavy atom. The molecule has 2 aromatic heterocycles. The van der Waals surface area contributed by atoms with Crippen LogP contribution in [-0.4, -0.2) is 21.8 Å². The Balaban J connectivity index is 1.88. The number of anilines is 1. The molecule has 0 saturated carbocycles. The standard InChI is InChI=1S/C20H14N2O4/c23-18(15-9-5-11-26-15)16-17(13-6-4-10-21-12-13)22(20(25)19(16)24)14-7-2-1-3-8-14/h1-12,17,24H. The Morgan fingerprint density at radius 3 is 2.54 bits per heavy atom. The summed E-state index contributed by atoms with van der Waals surface area (Å²) < 4.78 is 5.18. The predicted octanol–water partition coefficient (Wildman–Crippen LogP) is 3.46. The van der Waals surface area contributed by atoms with Crippen molar-refractivity contribution in [3.8, 4) is 0 Å². The number of furan rings is 1. The van der Waals surface area contributed by atoms with Crippen molar-refractivity contribution in [1.82, 2.24) is 4.98 Å². The third-order valence-corrected chi connectivity index (χ3v) is 4.23. The Hall–Kier alpha value is -3.67. The number of rotatable bonds is 4. The normalized spacial score (nSPS) is 17.0. The van der Waals surface area contributed by atoms with Gasteiger partial charge >= 0.3 is 0 Å². The summed E-state index contributed by atoms with van der Waals surface area (Å²) in [6.07, 6.45) is 4.54. The van der Waals surface area contributed by atoms with Gasteiger partial charge in [-0.15, -0.1) is 0 Å². The van der Waals surface area contributed by atoms with E-state index in [0.29, 0.717) is 11.3 Å². The maximum absolute atomic E-state index is 12.9. The molecular formula is C20H14N2O4. The molecule has 0 aliphatic carbocycles. The average molecular weight is 346 g/mol. The minimum Gasteiger partial charge on any atom is -0.503 e. The first-order chi connectivity index (χ1) is 12.7. The van der Waals surface area contributed by atoms with E-state index < -0.39 is 23.5 Å². The molecule has 1 unspecified atom stereocenters. The van der Waals surface area contributed by atoms with E-state index in [2.05, 4.69) is 4.98 Å². The lowest BCUT2D eigenvalue weighted by Gasteiger charge is -2.26. The zero-order valence-electron chi connectivity index (χ0n) is 13.6. The third-order valence-electron chi connectivity index (χ3n) is 4.23. The predicted molar refractivity (Wildman–Crippen MR) is 93.6 cm³/mol. The lowest BCUT2D eigenvalue weighted by molar-refractivity contribution is -0.117. The maximum atomic E-state index is 12.9. The van der Waals surface area contributed by atoms with Crippen LogP contribution in [0.5, 0.6) is 0 Å². The second-order valence-corrected chi connectivity index (χ2v) is 5.77. The number of amides is 1. The van der Waals surface area contributed by atoms with Crippen LogP contribution in [0.1, 0.15) is 22.2 Å². The first kappa shape index (κ1) is 15.8. The smallest absolute Gasteiger partial charge is 0.294 e. The van der Waals surface area contributed by atoms with E-state index in [1.165, 1.54) is 17.2 Å². The molecule has 1 atom stereocenters. The Labute approximate surface area is 149 Å². The molecule has 6 heteroatoms. The second kappa shape index (κ2) is 6.33. The van der Waals surface area contributed by atoms with Crippen molar-refractivity contribution in [2.45, 2.75) is 6.04 Å². The largest absolute Gasteiger partial charge is 0.503 e. The lowest BCUT2D eigenvalue weighted by Crippen LogP contribution is -2.31. The SMILES string of the molecule is O=C(C1=C(O)C(=O)N(c2ccccc2)C1c1cccnc1)c1ccco1. The molecule has 0 saturated heterocycles. The highest BCUT2D eigenvalue weighted by Gasteiger charge is 2.45. The van der Waals surface area contributed by atoms with Crippen molar-refractivity contribution in [1.29, 1.82) is 0 Å². The summed E-state index contributed by atoms with van der Waals surface area (Å²) >= 11 is 0. The van der Waals surface area contributed by atoms with Gasteiger partial charge in [-0.25, -0.2) is 0 Å². The molecule has 4 rings (SSSR count). The van der Waals surface area contributed by atoms with Crippen LogP contribution in [0.25, 0.3) is 0 Å². The molecule has 0 radical (unpaired) electrons. The van der Waals surface area contributed by atoms with E-state index >= 15 is 0 Å². The molecule has 3 aromatic rings. The number of carbonyl (C=O) groups excluding carboxylic acids is 2. The fourth-order valence-corrected chi connectivity index (χ4v) is 3.09. The first-order valence-corrected chi connectivity index (χ1v) is 7.98. The quantitative estimate of drug-likeness (QED) is 0.732. The molecular weight excluding hydrogens is 332 g/mol. The molecule has 1 aromatic carbocycles. The van der Waals surface area contributed by atoms with E-state index in [-0.39, 0.29) is 11.3 Å². The van der Waals surface area contributed by atoms with Crippen LogP contribution in [0.15, 0.2) is 89.0 Å². The first-order valence-electron chi connectivity index (χ1n) is 7.98. The zero-order chi connectivity index (χ0) is 18.1. The van der Waals surface area contributed by atoms with Crippen LogP contribution in [0, 0.1) is 0 Å². The summed E-state index contributed by atoms with van der Waals surface area (Å²) in [5.41, 5.74) is 1.16. The van der Waals surface area contributed by atoms with Crippen LogP contribution in [0.3, 0.4) is 0 Å². The molecule has 1 N–H and O–H groups in total. The summed E-state index contributed by atoms with van der Waals surface area (Å²) in [6.45, 7) is 0. The highest BCUT2D eigenvalue weighted by molar-refractivity contribution is 6.20. The molecule has 26 heavy (non-hydrogen) atoms. The van der Waals surface area contributed by atoms with Gasteiger partial charge in [0.25, 0.3) is 5.91 Å². The van der Waals surface area contributed by atoms with Gasteiger partial charge in [0.2, 0.25) is 5.78 Å². The summed E-state index contributed by atoms with van der Waals surface area (Å²) in [7, 11) is 0. The van der Waals surface area contributed by atoms with Crippen LogP contribution < -0.4 is 4.90 Å². The van der Waals surface area contributed by atoms with E-state index in [0.717, 1.165) is 0 Å². The van der Waals surface area contributed by atoms with Gasteiger partial charge in [0.15, 0.2) is 11.5 Å². The number of carbonyl (C=O) groups is 2. The van der Waals surface area contributed by atoms with Gasteiger partial charge in [0, 0.05) is 18.1 Å². The van der Waals surface area contributed by atoms with E-state index in [1.807, 2.05) is 6.07 Å². The lowest BCUT2D eigenvalue weighted by atomic mass is 9.96. The number of aromatic nitrogens is 1. The Bertz CT molecular complexity index is 979. The fourth-order valence-electron chi connectivity index (χ4n) is 3.09. The molecule has 1 amide bonds. The molecule has 1 aliphatic rings. The molecule has 0 spiro atoms. The number of aliphatic hydroxyl groups is 1. The molecule has 1 aliphatic heterocycles. The number of hydrogen-bond donors (Lipinski definition) is 1.